The van der Waals surface area contributed by atoms with Gasteiger partial charge in [0, 0.05) is 10.5 Å². The number of rotatable bonds is 3. The molecular weight excluding hydrogens is 350 g/mol. The first-order chi connectivity index (χ1) is 9.70. The van der Waals surface area contributed by atoms with E-state index in [0.29, 0.717) is 10.8 Å². The lowest BCUT2D eigenvalue weighted by Crippen LogP contribution is -2.46. The topological polar surface area (TPSA) is 46.2 Å². The highest BCUT2D eigenvalue weighted by molar-refractivity contribution is 9.10. The molecule has 1 aromatic carbocycles. The molecule has 1 saturated carbocycles. The van der Waals surface area contributed by atoms with Gasteiger partial charge in [0.1, 0.15) is 0 Å². The van der Waals surface area contributed by atoms with E-state index in [9.17, 15) is 8.42 Å². The van der Waals surface area contributed by atoms with Crippen LogP contribution in [-0.2, 0) is 10.0 Å². The largest absolute Gasteiger partial charge is 0.240 e. The number of nitrogens with one attached hydrogen (secondary N) is 1. The Morgan fingerprint density at radius 1 is 1.19 bits per heavy atom. The zero-order chi connectivity index (χ0) is 15.7. The molecule has 118 valence electrons. The van der Waals surface area contributed by atoms with E-state index >= 15 is 0 Å². The third-order valence-corrected chi connectivity index (χ3v) is 6.27. The van der Waals surface area contributed by atoms with Crippen molar-refractivity contribution in [3.8, 4) is 0 Å². The molecule has 0 bridgehead atoms. The van der Waals surface area contributed by atoms with Crippen LogP contribution in [-0.4, -0.2) is 14.5 Å². The van der Waals surface area contributed by atoms with Gasteiger partial charge < -0.3 is 0 Å². The molecular formula is C16H24BrNO2S. The minimum atomic E-state index is -3.46. The molecule has 0 saturated heterocycles. The molecule has 5 heteroatoms. The Bertz CT molecular complexity index is 593. The minimum Gasteiger partial charge on any atom is -0.208 e. The van der Waals surface area contributed by atoms with Crippen LogP contribution in [0.2, 0.25) is 0 Å². The average Bonchev–Trinajstić information content (AvgIpc) is 2.37. The first kappa shape index (κ1) is 17.0. The molecule has 1 N–H and O–H groups in total. The summed E-state index contributed by atoms with van der Waals surface area (Å²) in [5, 5.41) is 0. The SMILES string of the molecule is CC(C)(C)C1CCCCC1NS(=O)(=O)c1cccc(Br)c1. The number of hydrogen-bond donors (Lipinski definition) is 1. The summed E-state index contributed by atoms with van der Waals surface area (Å²) in [5.41, 5.74) is 0.116. The van der Waals surface area contributed by atoms with Crippen molar-refractivity contribution in [2.45, 2.75) is 57.4 Å². The van der Waals surface area contributed by atoms with Crippen LogP contribution in [0.3, 0.4) is 0 Å². The second kappa shape index (κ2) is 6.39. The summed E-state index contributed by atoms with van der Waals surface area (Å²) < 4.78 is 28.9. The maximum Gasteiger partial charge on any atom is 0.240 e. The molecule has 21 heavy (non-hydrogen) atoms. The van der Waals surface area contributed by atoms with Crippen LogP contribution in [0.4, 0.5) is 0 Å². The van der Waals surface area contributed by atoms with Gasteiger partial charge in [0.25, 0.3) is 0 Å². The van der Waals surface area contributed by atoms with Crippen molar-refractivity contribution in [3.05, 3.63) is 28.7 Å². The van der Waals surface area contributed by atoms with Crippen molar-refractivity contribution in [1.82, 2.24) is 4.72 Å². The smallest absolute Gasteiger partial charge is 0.208 e. The second-order valence-electron chi connectivity index (χ2n) is 6.94. The lowest BCUT2D eigenvalue weighted by atomic mass is 9.70. The predicted octanol–water partition coefficient (Wildman–Crippen LogP) is 4.33. The molecule has 0 amide bonds. The van der Waals surface area contributed by atoms with Crippen LogP contribution in [0.25, 0.3) is 0 Å². The summed E-state index contributed by atoms with van der Waals surface area (Å²) in [6.07, 6.45) is 4.31. The summed E-state index contributed by atoms with van der Waals surface area (Å²) in [5.74, 6) is 0.383. The van der Waals surface area contributed by atoms with Gasteiger partial charge in [0.05, 0.1) is 4.90 Å². The Morgan fingerprint density at radius 2 is 1.86 bits per heavy atom. The van der Waals surface area contributed by atoms with Crippen molar-refractivity contribution in [1.29, 1.82) is 0 Å². The fraction of sp³-hybridized carbons (Fsp3) is 0.625. The maximum atomic E-state index is 12.6. The van der Waals surface area contributed by atoms with Crippen LogP contribution >= 0.6 is 15.9 Å². The van der Waals surface area contributed by atoms with Crippen molar-refractivity contribution in [2.75, 3.05) is 0 Å². The van der Waals surface area contributed by atoms with Crippen molar-refractivity contribution < 1.29 is 8.42 Å². The molecule has 1 aliphatic carbocycles. The monoisotopic (exact) mass is 373 g/mol. The molecule has 1 aromatic rings. The molecule has 0 heterocycles. The van der Waals surface area contributed by atoms with Crippen LogP contribution < -0.4 is 4.72 Å². The molecule has 2 rings (SSSR count). The van der Waals surface area contributed by atoms with Gasteiger partial charge in [-0.05, 0) is 42.4 Å². The summed E-state index contributed by atoms with van der Waals surface area (Å²) in [7, 11) is -3.46. The third-order valence-electron chi connectivity index (χ3n) is 4.29. The molecule has 1 fully saturated rings. The van der Waals surface area contributed by atoms with Gasteiger partial charge in [-0.15, -0.1) is 0 Å². The highest BCUT2D eigenvalue weighted by atomic mass is 79.9. The molecule has 3 nitrogen and oxygen atoms in total. The number of halogens is 1. The van der Waals surface area contributed by atoms with Gasteiger partial charge in [-0.3, -0.25) is 0 Å². The van der Waals surface area contributed by atoms with E-state index in [4.69, 9.17) is 0 Å². The van der Waals surface area contributed by atoms with Gasteiger partial charge >= 0.3 is 0 Å². The fourth-order valence-electron chi connectivity index (χ4n) is 3.21. The molecule has 0 spiro atoms. The van der Waals surface area contributed by atoms with E-state index in [2.05, 4.69) is 41.4 Å². The number of hydrogen-bond acceptors (Lipinski definition) is 2. The Labute approximate surface area is 136 Å². The van der Waals surface area contributed by atoms with Crippen LogP contribution in [0, 0.1) is 11.3 Å². The first-order valence-corrected chi connectivity index (χ1v) is 9.76. The lowest BCUT2D eigenvalue weighted by Gasteiger charge is -2.40. The Hall–Kier alpha value is -0.390. The molecule has 0 aliphatic heterocycles. The third kappa shape index (κ3) is 4.30. The standard InChI is InChI=1S/C16H24BrNO2S/c1-16(2,3)14-9-4-5-10-15(14)18-21(19,20)13-8-6-7-12(17)11-13/h6-8,11,14-15,18H,4-5,9-10H2,1-3H3. The van der Waals surface area contributed by atoms with Crippen LogP contribution in [0.1, 0.15) is 46.5 Å². The van der Waals surface area contributed by atoms with Crippen molar-refractivity contribution >= 4 is 26.0 Å². The highest BCUT2D eigenvalue weighted by Gasteiger charge is 2.36. The Balaban J connectivity index is 2.22. The van der Waals surface area contributed by atoms with E-state index < -0.39 is 10.0 Å². The second-order valence-corrected chi connectivity index (χ2v) is 9.57. The molecule has 0 radical (unpaired) electrons. The quantitative estimate of drug-likeness (QED) is 0.856. The lowest BCUT2D eigenvalue weighted by molar-refractivity contribution is 0.144. The van der Waals surface area contributed by atoms with E-state index in [1.807, 2.05) is 6.07 Å². The summed E-state index contributed by atoms with van der Waals surface area (Å²) in [4.78, 5) is 0.329. The van der Waals surface area contributed by atoms with E-state index in [-0.39, 0.29) is 11.5 Å². The van der Waals surface area contributed by atoms with Gasteiger partial charge in [-0.25, -0.2) is 13.1 Å². The summed E-state index contributed by atoms with van der Waals surface area (Å²) in [6.45, 7) is 6.59. The molecule has 0 aromatic heterocycles. The zero-order valence-electron chi connectivity index (χ0n) is 12.9. The highest BCUT2D eigenvalue weighted by Crippen LogP contribution is 2.38. The Kier molecular flexibility index (Phi) is 5.16. The normalized spacial score (nSPS) is 24.0. The molecule has 2 unspecified atom stereocenters. The van der Waals surface area contributed by atoms with Gasteiger partial charge in [-0.1, -0.05) is 55.6 Å². The minimum absolute atomic E-state index is 0.0303. The van der Waals surface area contributed by atoms with Gasteiger partial charge in [0.2, 0.25) is 10.0 Å². The average molecular weight is 374 g/mol. The van der Waals surface area contributed by atoms with E-state index in [1.54, 1.807) is 18.2 Å². The zero-order valence-corrected chi connectivity index (χ0v) is 15.3. The first-order valence-electron chi connectivity index (χ1n) is 7.48. The van der Waals surface area contributed by atoms with Gasteiger partial charge in [-0.2, -0.15) is 0 Å². The summed E-state index contributed by atoms with van der Waals surface area (Å²) >= 11 is 3.33. The fourth-order valence-corrected chi connectivity index (χ4v) is 5.12. The Morgan fingerprint density at radius 3 is 2.48 bits per heavy atom. The predicted molar refractivity (Wildman–Crippen MR) is 89.7 cm³/mol. The summed E-state index contributed by atoms with van der Waals surface area (Å²) in [6, 6.07) is 6.90. The number of benzene rings is 1. The van der Waals surface area contributed by atoms with Crippen LogP contribution in [0.5, 0.6) is 0 Å². The maximum absolute atomic E-state index is 12.6. The number of sulfonamides is 1. The van der Waals surface area contributed by atoms with Crippen LogP contribution in [0.15, 0.2) is 33.6 Å². The van der Waals surface area contributed by atoms with Gasteiger partial charge in [0.15, 0.2) is 0 Å². The van der Waals surface area contributed by atoms with Crippen molar-refractivity contribution in [3.63, 3.8) is 0 Å². The molecule has 2 atom stereocenters. The van der Waals surface area contributed by atoms with E-state index in [1.165, 1.54) is 6.42 Å². The van der Waals surface area contributed by atoms with Crippen molar-refractivity contribution in [2.24, 2.45) is 11.3 Å². The van der Waals surface area contributed by atoms with E-state index in [0.717, 1.165) is 23.7 Å². The molecule has 1 aliphatic rings.